The lowest BCUT2D eigenvalue weighted by molar-refractivity contribution is -0.113. The van der Waals surface area contributed by atoms with Crippen molar-refractivity contribution in [2.45, 2.75) is 31.6 Å². The molecular weight excluding hydrogens is 446 g/mol. The molecule has 1 aromatic heterocycles. The molecule has 0 fully saturated rings. The number of hydrogen-bond acceptors (Lipinski definition) is 5. The standard InChI is InChI=1S/C23H24ClN5O2S/c1-4-13-29-21(16(3)25-22(31)17-9-11-18(24)12-10-17)27-28-23(29)32-14-20(30)26-19-8-6-5-7-15(19)2/h4-12,16H,1,13-14H2,2-3H3,(H,25,31)(H,26,30)/t16-/m0/s1. The summed E-state index contributed by atoms with van der Waals surface area (Å²) in [6.45, 7) is 8.01. The molecule has 2 N–H and O–H groups in total. The fraction of sp³-hybridized carbons (Fsp3) is 0.217. The van der Waals surface area contributed by atoms with Crippen LogP contribution < -0.4 is 10.6 Å². The highest BCUT2D eigenvalue weighted by atomic mass is 35.5. The summed E-state index contributed by atoms with van der Waals surface area (Å²) >= 11 is 7.17. The van der Waals surface area contributed by atoms with Crippen LogP contribution >= 0.6 is 23.4 Å². The number of anilines is 1. The van der Waals surface area contributed by atoms with Gasteiger partial charge in [-0.15, -0.1) is 16.8 Å². The van der Waals surface area contributed by atoms with Crippen molar-refractivity contribution in [3.05, 3.63) is 83.2 Å². The van der Waals surface area contributed by atoms with Crippen LogP contribution in [0.4, 0.5) is 5.69 Å². The van der Waals surface area contributed by atoms with Gasteiger partial charge in [0, 0.05) is 22.8 Å². The summed E-state index contributed by atoms with van der Waals surface area (Å²) in [5, 5.41) is 15.4. The Labute approximate surface area is 196 Å². The van der Waals surface area contributed by atoms with Crippen molar-refractivity contribution in [1.82, 2.24) is 20.1 Å². The Morgan fingerprint density at radius 1 is 1.19 bits per heavy atom. The third kappa shape index (κ3) is 5.99. The van der Waals surface area contributed by atoms with Crippen LogP contribution in [0.5, 0.6) is 0 Å². The van der Waals surface area contributed by atoms with Crippen molar-refractivity contribution >= 4 is 40.9 Å². The van der Waals surface area contributed by atoms with Gasteiger partial charge in [-0.25, -0.2) is 0 Å². The van der Waals surface area contributed by atoms with Crippen LogP contribution in [-0.4, -0.2) is 32.3 Å². The Hall–Kier alpha value is -3.10. The van der Waals surface area contributed by atoms with Crippen LogP contribution in [0.15, 0.2) is 66.3 Å². The Bertz CT molecular complexity index is 1110. The number of allylic oxidation sites excluding steroid dienone is 1. The van der Waals surface area contributed by atoms with E-state index >= 15 is 0 Å². The first kappa shape index (κ1) is 23.6. The third-order valence-electron chi connectivity index (χ3n) is 4.65. The van der Waals surface area contributed by atoms with Crippen LogP contribution in [0.2, 0.25) is 5.02 Å². The van der Waals surface area contributed by atoms with Gasteiger partial charge >= 0.3 is 0 Å². The molecule has 1 heterocycles. The molecule has 7 nitrogen and oxygen atoms in total. The number of benzene rings is 2. The average Bonchev–Trinajstić information content (AvgIpc) is 3.17. The number of carbonyl (C=O) groups is 2. The van der Waals surface area contributed by atoms with Crippen molar-refractivity contribution in [3.63, 3.8) is 0 Å². The van der Waals surface area contributed by atoms with E-state index in [1.165, 1.54) is 11.8 Å². The Kier molecular flexibility index (Phi) is 8.08. The molecule has 1 atom stereocenters. The van der Waals surface area contributed by atoms with Crippen molar-refractivity contribution in [2.75, 3.05) is 11.1 Å². The third-order valence-corrected chi connectivity index (χ3v) is 5.87. The maximum Gasteiger partial charge on any atom is 0.251 e. The molecule has 2 aromatic carbocycles. The fourth-order valence-corrected chi connectivity index (χ4v) is 3.88. The topological polar surface area (TPSA) is 88.9 Å². The summed E-state index contributed by atoms with van der Waals surface area (Å²) in [5.74, 6) is 0.376. The van der Waals surface area contributed by atoms with E-state index in [9.17, 15) is 9.59 Å². The first-order valence-electron chi connectivity index (χ1n) is 9.97. The van der Waals surface area contributed by atoms with Gasteiger partial charge in [0.1, 0.15) is 0 Å². The zero-order valence-electron chi connectivity index (χ0n) is 17.8. The number of aromatic nitrogens is 3. The maximum atomic E-state index is 12.5. The van der Waals surface area contributed by atoms with E-state index in [-0.39, 0.29) is 17.6 Å². The minimum Gasteiger partial charge on any atom is -0.342 e. The Balaban J connectivity index is 1.66. The first-order chi connectivity index (χ1) is 15.4. The number of amides is 2. The van der Waals surface area contributed by atoms with E-state index < -0.39 is 6.04 Å². The Morgan fingerprint density at radius 3 is 2.59 bits per heavy atom. The molecule has 32 heavy (non-hydrogen) atoms. The average molecular weight is 470 g/mol. The second-order valence-electron chi connectivity index (χ2n) is 7.09. The lowest BCUT2D eigenvalue weighted by atomic mass is 10.2. The quantitative estimate of drug-likeness (QED) is 0.352. The molecule has 2 amide bonds. The van der Waals surface area contributed by atoms with Crippen LogP contribution in [0.1, 0.15) is 34.7 Å². The number of hydrogen-bond donors (Lipinski definition) is 2. The second-order valence-corrected chi connectivity index (χ2v) is 8.47. The monoisotopic (exact) mass is 469 g/mol. The van der Waals surface area contributed by atoms with Crippen LogP contribution in [-0.2, 0) is 11.3 Å². The SMILES string of the molecule is C=CCn1c(SCC(=O)Nc2ccccc2C)nnc1[C@H](C)NC(=O)c1ccc(Cl)cc1. The molecule has 0 unspecified atom stereocenters. The number of nitrogens with zero attached hydrogens (tertiary/aromatic N) is 3. The Morgan fingerprint density at radius 2 is 1.91 bits per heavy atom. The van der Waals surface area contributed by atoms with Gasteiger partial charge in [0.2, 0.25) is 5.91 Å². The highest BCUT2D eigenvalue weighted by Crippen LogP contribution is 2.22. The van der Waals surface area contributed by atoms with Gasteiger partial charge in [-0.2, -0.15) is 0 Å². The van der Waals surface area contributed by atoms with Crippen molar-refractivity contribution in [3.8, 4) is 0 Å². The van der Waals surface area contributed by atoms with E-state index in [0.717, 1.165) is 11.3 Å². The van der Waals surface area contributed by atoms with Gasteiger partial charge in [0.15, 0.2) is 11.0 Å². The van der Waals surface area contributed by atoms with E-state index in [0.29, 0.717) is 28.1 Å². The van der Waals surface area contributed by atoms with E-state index in [1.54, 1.807) is 30.3 Å². The van der Waals surface area contributed by atoms with Crippen molar-refractivity contribution in [2.24, 2.45) is 0 Å². The molecule has 0 saturated heterocycles. The van der Waals surface area contributed by atoms with Gasteiger partial charge < -0.3 is 15.2 Å². The minimum atomic E-state index is -0.402. The van der Waals surface area contributed by atoms with Crippen LogP contribution in [0, 0.1) is 6.92 Å². The molecule has 0 aliphatic heterocycles. The summed E-state index contributed by atoms with van der Waals surface area (Å²) in [7, 11) is 0. The van der Waals surface area contributed by atoms with Gasteiger partial charge in [0.05, 0.1) is 11.8 Å². The summed E-state index contributed by atoms with van der Waals surface area (Å²) in [4.78, 5) is 24.9. The van der Waals surface area contributed by atoms with Gasteiger partial charge in [0.25, 0.3) is 5.91 Å². The van der Waals surface area contributed by atoms with E-state index in [4.69, 9.17) is 11.6 Å². The molecule has 0 aliphatic rings. The van der Waals surface area contributed by atoms with Crippen LogP contribution in [0.25, 0.3) is 0 Å². The number of nitrogens with one attached hydrogen (secondary N) is 2. The highest BCUT2D eigenvalue weighted by molar-refractivity contribution is 7.99. The van der Waals surface area contributed by atoms with Gasteiger partial charge in [-0.3, -0.25) is 9.59 Å². The van der Waals surface area contributed by atoms with Crippen molar-refractivity contribution in [1.29, 1.82) is 0 Å². The summed E-state index contributed by atoms with van der Waals surface area (Å²) < 4.78 is 1.84. The van der Waals surface area contributed by atoms with E-state index in [1.807, 2.05) is 42.7 Å². The lowest BCUT2D eigenvalue weighted by Crippen LogP contribution is -2.28. The molecule has 0 bridgehead atoms. The normalized spacial score (nSPS) is 11.6. The molecule has 3 rings (SSSR count). The zero-order chi connectivity index (χ0) is 23.1. The zero-order valence-corrected chi connectivity index (χ0v) is 19.4. The second kappa shape index (κ2) is 11.0. The number of aryl methyl sites for hydroxylation is 1. The molecular formula is C23H24ClN5O2S. The van der Waals surface area contributed by atoms with Gasteiger partial charge in [-0.05, 0) is 49.7 Å². The fourth-order valence-electron chi connectivity index (χ4n) is 3.00. The number of rotatable bonds is 9. The molecule has 166 valence electrons. The molecule has 3 aromatic rings. The van der Waals surface area contributed by atoms with Gasteiger partial charge in [-0.1, -0.05) is 47.6 Å². The number of thioether (sulfide) groups is 1. The predicted octanol–water partition coefficient (Wildman–Crippen LogP) is 4.65. The molecule has 9 heteroatoms. The molecule has 0 spiro atoms. The predicted molar refractivity (Wildman–Crippen MR) is 128 cm³/mol. The summed E-state index contributed by atoms with van der Waals surface area (Å²) in [5.41, 5.74) is 2.27. The first-order valence-corrected chi connectivity index (χ1v) is 11.3. The van der Waals surface area contributed by atoms with Crippen molar-refractivity contribution < 1.29 is 9.59 Å². The maximum absolute atomic E-state index is 12.5. The smallest absolute Gasteiger partial charge is 0.251 e. The lowest BCUT2D eigenvalue weighted by Gasteiger charge is -2.15. The summed E-state index contributed by atoms with van der Waals surface area (Å²) in [6, 6.07) is 13.8. The largest absolute Gasteiger partial charge is 0.342 e. The molecule has 0 saturated carbocycles. The van der Waals surface area contributed by atoms with Crippen LogP contribution in [0.3, 0.4) is 0 Å². The molecule has 0 aliphatic carbocycles. The molecule has 0 radical (unpaired) electrons. The highest BCUT2D eigenvalue weighted by Gasteiger charge is 2.20. The summed E-state index contributed by atoms with van der Waals surface area (Å²) in [6.07, 6.45) is 1.72. The number of para-hydroxylation sites is 1. The van der Waals surface area contributed by atoms with E-state index in [2.05, 4.69) is 27.4 Å². The minimum absolute atomic E-state index is 0.136. The number of halogens is 1. The number of carbonyl (C=O) groups excluding carboxylic acids is 2.